The maximum absolute atomic E-state index is 10.3. The Hall–Kier alpha value is -1.72. The number of benzene rings is 2. The molecule has 4 atom stereocenters. The molecule has 2 aromatic carbocycles. The van der Waals surface area contributed by atoms with Crippen molar-refractivity contribution >= 4 is 0 Å². The smallest absolute Gasteiger partial charge is 0.0964 e. The highest BCUT2D eigenvalue weighted by Crippen LogP contribution is 2.13. The summed E-state index contributed by atoms with van der Waals surface area (Å²) >= 11 is 0. The fourth-order valence-corrected chi connectivity index (χ4v) is 2.80. The van der Waals surface area contributed by atoms with Crippen LogP contribution in [0.4, 0.5) is 0 Å². The Bertz CT molecular complexity index is 523. The summed E-state index contributed by atoms with van der Waals surface area (Å²) < 4.78 is 0. The Morgan fingerprint density at radius 1 is 0.625 bits per heavy atom. The number of hydrogen-bond donors (Lipinski definition) is 4. The molecule has 0 saturated carbocycles. The zero-order valence-corrected chi connectivity index (χ0v) is 14.0. The van der Waals surface area contributed by atoms with Crippen molar-refractivity contribution in [1.82, 2.24) is 0 Å². The molecule has 0 aliphatic heterocycles. The van der Waals surface area contributed by atoms with Crippen LogP contribution < -0.4 is 11.5 Å². The van der Waals surface area contributed by atoms with E-state index in [1.807, 2.05) is 60.7 Å². The molecular formula is C20H28N2O2. The minimum atomic E-state index is -1.01. The third-order valence-corrected chi connectivity index (χ3v) is 4.45. The first-order valence-corrected chi connectivity index (χ1v) is 8.53. The minimum absolute atomic E-state index is 0.497. The van der Waals surface area contributed by atoms with E-state index < -0.39 is 24.3 Å². The van der Waals surface area contributed by atoms with Crippen molar-refractivity contribution in [2.45, 2.75) is 50.0 Å². The van der Waals surface area contributed by atoms with Gasteiger partial charge in [-0.05, 0) is 36.8 Å². The number of aryl methyl sites for hydroxylation is 2. The van der Waals surface area contributed by atoms with Crippen LogP contribution in [0.15, 0.2) is 60.7 Å². The molecule has 4 nitrogen and oxygen atoms in total. The minimum Gasteiger partial charge on any atom is -0.389 e. The van der Waals surface area contributed by atoms with Crippen LogP contribution >= 0.6 is 0 Å². The van der Waals surface area contributed by atoms with Crippen molar-refractivity contribution in [2.24, 2.45) is 11.5 Å². The highest BCUT2D eigenvalue weighted by Gasteiger charge is 2.28. The lowest BCUT2D eigenvalue weighted by Crippen LogP contribution is -2.51. The third kappa shape index (κ3) is 5.73. The monoisotopic (exact) mass is 328 g/mol. The molecule has 0 unspecified atom stereocenters. The van der Waals surface area contributed by atoms with Crippen LogP contribution in [0.3, 0.4) is 0 Å². The van der Waals surface area contributed by atoms with E-state index in [4.69, 9.17) is 11.5 Å². The second kappa shape index (κ2) is 9.55. The molecule has 4 heteroatoms. The van der Waals surface area contributed by atoms with E-state index in [1.54, 1.807) is 0 Å². The van der Waals surface area contributed by atoms with Crippen LogP contribution in [0.2, 0.25) is 0 Å². The Labute approximate surface area is 144 Å². The Morgan fingerprint density at radius 2 is 0.958 bits per heavy atom. The predicted octanol–water partition coefficient (Wildman–Crippen LogP) is 1.63. The summed E-state index contributed by atoms with van der Waals surface area (Å²) in [5, 5.41) is 20.6. The van der Waals surface area contributed by atoms with Gasteiger partial charge in [0.15, 0.2) is 0 Å². The van der Waals surface area contributed by atoms with Gasteiger partial charge in [-0.3, -0.25) is 0 Å². The van der Waals surface area contributed by atoms with Crippen LogP contribution in [0.5, 0.6) is 0 Å². The van der Waals surface area contributed by atoms with Gasteiger partial charge in [-0.1, -0.05) is 60.7 Å². The molecule has 0 aliphatic rings. The summed E-state index contributed by atoms with van der Waals surface area (Å²) in [4.78, 5) is 0. The van der Waals surface area contributed by atoms with Crippen molar-refractivity contribution < 1.29 is 10.2 Å². The molecule has 130 valence electrons. The first kappa shape index (κ1) is 18.6. The summed E-state index contributed by atoms with van der Waals surface area (Å²) in [6.45, 7) is 0. The molecule has 24 heavy (non-hydrogen) atoms. The maximum Gasteiger partial charge on any atom is 0.0964 e. The zero-order valence-electron chi connectivity index (χ0n) is 14.0. The van der Waals surface area contributed by atoms with Gasteiger partial charge in [-0.15, -0.1) is 0 Å². The van der Waals surface area contributed by atoms with Crippen LogP contribution in [0.1, 0.15) is 24.0 Å². The van der Waals surface area contributed by atoms with Gasteiger partial charge in [-0.2, -0.15) is 0 Å². The highest BCUT2D eigenvalue weighted by molar-refractivity contribution is 5.15. The van der Waals surface area contributed by atoms with E-state index in [9.17, 15) is 10.2 Å². The number of hydrogen-bond acceptors (Lipinski definition) is 4. The second-order valence-electron chi connectivity index (χ2n) is 6.36. The number of aliphatic hydroxyl groups is 2. The Morgan fingerprint density at radius 3 is 1.29 bits per heavy atom. The van der Waals surface area contributed by atoms with E-state index in [-0.39, 0.29) is 0 Å². The fraction of sp³-hybridized carbons (Fsp3) is 0.400. The van der Waals surface area contributed by atoms with Crippen LogP contribution in [0.25, 0.3) is 0 Å². The Balaban J connectivity index is 1.78. The maximum atomic E-state index is 10.3. The van der Waals surface area contributed by atoms with E-state index >= 15 is 0 Å². The molecule has 0 amide bonds. The van der Waals surface area contributed by atoms with Crippen molar-refractivity contribution in [3.05, 3.63) is 71.8 Å². The van der Waals surface area contributed by atoms with Gasteiger partial charge in [0, 0.05) is 12.1 Å². The van der Waals surface area contributed by atoms with E-state index in [0.717, 1.165) is 12.8 Å². The van der Waals surface area contributed by atoms with Gasteiger partial charge >= 0.3 is 0 Å². The fourth-order valence-electron chi connectivity index (χ4n) is 2.80. The third-order valence-electron chi connectivity index (χ3n) is 4.45. The van der Waals surface area contributed by atoms with Crippen molar-refractivity contribution in [3.8, 4) is 0 Å². The molecule has 0 fully saturated rings. The first-order valence-electron chi connectivity index (χ1n) is 8.53. The first-order chi connectivity index (χ1) is 11.6. The lowest BCUT2D eigenvalue weighted by atomic mass is 9.92. The molecular weight excluding hydrogens is 300 g/mol. The number of nitrogens with two attached hydrogens (primary N) is 2. The van der Waals surface area contributed by atoms with Crippen molar-refractivity contribution in [3.63, 3.8) is 0 Å². The molecule has 0 saturated heterocycles. The van der Waals surface area contributed by atoms with Gasteiger partial charge in [0.1, 0.15) is 0 Å². The molecule has 0 heterocycles. The largest absolute Gasteiger partial charge is 0.389 e. The average molecular weight is 328 g/mol. The molecule has 0 bridgehead atoms. The van der Waals surface area contributed by atoms with E-state index in [2.05, 4.69) is 0 Å². The van der Waals surface area contributed by atoms with Gasteiger partial charge in [-0.25, -0.2) is 0 Å². The molecule has 2 rings (SSSR count). The lowest BCUT2D eigenvalue weighted by Gasteiger charge is -2.28. The zero-order chi connectivity index (χ0) is 17.4. The highest BCUT2D eigenvalue weighted by atomic mass is 16.3. The second-order valence-corrected chi connectivity index (χ2v) is 6.36. The summed E-state index contributed by atoms with van der Waals surface area (Å²) in [5.41, 5.74) is 14.4. The number of aliphatic hydroxyl groups excluding tert-OH is 2. The normalized spacial score (nSPS) is 16.3. The van der Waals surface area contributed by atoms with Crippen molar-refractivity contribution in [1.29, 1.82) is 0 Å². The summed E-state index contributed by atoms with van der Waals surface area (Å²) in [7, 11) is 0. The predicted molar refractivity (Wildman–Crippen MR) is 97.5 cm³/mol. The quantitative estimate of drug-likeness (QED) is 0.563. The molecule has 2 aromatic rings. The van der Waals surface area contributed by atoms with E-state index in [0.29, 0.717) is 12.8 Å². The molecule has 0 aromatic heterocycles. The molecule has 0 aliphatic carbocycles. The van der Waals surface area contributed by atoms with E-state index in [1.165, 1.54) is 11.1 Å². The molecule has 0 spiro atoms. The van der Waals surface area contributed by atoms with Gasteiger partial charge < -0.3 is 21.7 Å². The lowest BCUT2D eigenvalue weighted by molar-refractivity contribution is -0.0126. The van der Waals surface area contributed by atoms with Crippen LogP contribution in [0, 0.1) is 0 Å². The van der Waals surface area contributed by atoms with Crippen LogP contribution in [-0.4, -0.2) is 34.5 Å². The van der Waals surface area contributed by atoms with Gasteiger partial charge in [0.2, 0.25) is 0 Å². The van der Waals surface area contributed by atoms with Gasteiger partial charge in [0.25, 0.3) is 0 Å². The van der Waals surface area contributed by atoms with Crippen LogP contribution in [-0.2, 0) is 12.8 Å². The molecule has 6 N–H and O–H groups in total. The Kier molecular flexibility index (Phi) is 7.40. The SMILES string of the molecule is N[C@@H](CCc1ccccc1)[C@@H](O)[C@H](O)[C@@H](N)CCc1ccccc1. The standard InChI is InChI=1S/C20H28N2O2/c21-17(13-11-15-7-3-1-4-8-15)19(23)20(24)18(22)14-12-16-9-5-2-6-10-16/h1-10,17-20,23-24H,11-14,21-22H2/t17-,18-,19+,20+/m0/s1. The van der Waals surface area contributed by atoms with Crippen molar-refractivity contribution in [2.75, 3.05) is 0 Å². The summed E-state index contributed by atoms with van der Waals surface area (Å²) in [6, 6.07) is 19.0. The topological polar surface area (TPSA) is 92.5 Å². The summed E-state index contributed by atoms with van der Waals surface area (Å²) in [6.07, 6.45) is 0.719. The number of rotatable bonds is 9. The van der Waals surface area contributed by atoms with Gasteiger partial charge in [0.05, 0.1) is 12.2 Å². The summed E-state index contributed by atoms with van der Waals surface area (Å²) in [5.74, 6) is 0. The average Bonchev–Trinajstić information content (AvgIpc) is 2.64. The molecule has 0 radical (unpaired) electrons.